The Labute approximate surface area is 123 Å². The minimum Gasteiger partial charge on any atom is -0.324 e. The van der Waals surface area contributed by atoms with E-state index in [1.54, 1.807) is 0 Å². The van der Waals surface area contributed by atoms with Crippen molar-refractivity contribution in [2.24, 2.45) is 5.73 Å². The lowest BCUT2D eigenvalue weighted by Gasteiger charge is -2.17. The van der Waals surface area contributed by atoms with Crippen molar-refractivity contribution in [3.63, 3.8) is 0 Å². The fraction of sp³-hybridized carbons (Fsp3) is 0.571. The molecule has 0 heterocycles. The van der Waals surface area contributed by atoms with Crippen molar-refractivity contribution in [2.75, 3.05) is 25.4 Å². The van der Waals surface area contributed by atoms with Gasteiger partial charge >= 0.3 is 0 Å². The third-order valence-electron chi connectivity index (χ3n) is 3.03. The summed E-state index contributed by atoms with van der Waals surface area (Å²) in [5.74, 6) is 1.13. The highest BCUT2D eigenvalue weighted by molar-refractivity contribution is 9.10. The number of nitrogens with two attached hydrogens (primary N) is 1. The molecule has 1 aromatic rings. The van der Waals surface area contributed by atoms with Gasteiger partial charge in [0.15, 0.2) is 0 Å². The predicted molar refractivity (Wildman–Crippen MR) is 85.3 cm³/mol. The number of hydrogen-bond donors (Lipinski definition) is 1. The van der Waals surface area contributed by atoms with Gasteiger partial charge in [0.1, 0.15) is 0 Å². The summed E-state index contributed by atoms with van der Waals surface area (Å²) in [6.45, 7) is 9.83. The molecule has 4 heteroatoms. The molecule has 0 aliphatic heterocycles. The number of nitrogens with zero attached hydrogens (tertiary/aromatic N) is 1. The van der Waals surface area contributed by atoms with Crippen LogP contribution in [-0.2, 0) is 0 Å². The van der Waals surface area contributed by atoms with Crippen molar-refractivity contribution in [1.29, 1.82) is 0 Å². The van der Waals surface area contributed by atoms with Gasteiger partial charge < -0.3 is 10.6 Å². The van der Waals surface area contributed by atoms with Crippen LogP contribution in [0.3, 0.4) is 0 Å². The highest BCUT2D eigenvalue weighted by Gasteiger charge is 2.06. The van der Waals surface area contributed by atoms with Crippen LogP contribution in [0.5, 0.6) is 0 Å². The van der Waals surface area contributed by atoms with Gasteiger partial charge in [-0.3, -0.25) is 0 Å². The Morgan fingerprint density at radius 2 is 2.00 bits per heavy atom. The highest BCUT2D eigenvalue weighted by Crippen LogP contribution is 2.28. The third-order valence-corrected chi connectivity index (χ3v) is 4.69. The molecule has 1 rings (SSSR count). The first-order valence-electron chi connectivity index (χ1n) is 6.48. The lowest BCUT2D eigenvalue weighted by Crippen LogP contribution is -2.25. The molecule has 18 heavy (non-hydrogen) atoms. The van der Waals surface area contributed by atoms with E-state index in [0.717, 1.165) is 29.9 Å². The summed E-state index contributed by atoms with van der Waals surface area (Å²) in [6, 6.07) is 6.53. The molecule has 1 unspecified atom stereocenters. The summed E-state index contributed by atoms with van der Waals surface area (Å²) < 4.78 is 1.12. The Hall–Kier alpha value is -0.0300. The summed E-state index contributed by atoms with van der Waals surface area (Å²) in [5, 5.41) is 0. The molecule has 0 fully saturated rings. The maximum atomic E-state index is 5.90. The Bertz CT molecular complexity index is 365. The van der Waals surface area contributed by atoms with E-state index in [9.17, 15) is 0 Å². The van der Waals surface area contributed by atoms with Crippen LogP contribution < -0.4 is 5.73 Å². The molecule has 0 saturated heterocycles. The third kappa shape index (κ3) is 4.92. The molecule has 1 atom stereocenters. The zero-order chi connectivity index (χ0) is 13.5. The molecule has 0 aliphatic rings. The normalized spacial score (nSPS) is 13.0. The van der Waals surface area contributed by atoms with Crippen LogP contribution in [0.15, 0.2) is 27.6 Å². The summed E-state index contributed by atoms with van der Waals surface area (Å²) in [7, 11) is 0. The first-order valence-corrected chi connectivity index (χ1v) is 8.26. The molecule has 0 radical (unpaired) electrons. The second-order valence-electron chi connectivity index (χ2n) is 4.35. The molecule has 0 spiro atoms. The molecule has 0 bridgehead atoms. The van der Waals surface area contributed by atoms with E-state index in [1.807, 2.05) is 18.7 Å². The lowest BCUT2D eigenvalue weighted by atomic mass is 10.1. The molecule has 2 nitrogen and oxygen atoms in total. The smallest absolute Gasteiger partial charge is 0.0277 e. The molecular weight excluding hydrogens is 308 g/mol. The van der Waals surface area contributed by atoms with Crippen molar-refractivity contribution >= 4 is 27.7 Å². The minimum atomic E-state index is 0.0779. The number of rotatable bonds is 7. The summed E-state index contributed by atoms with van der Waals surface area (Å²) >= 11 is 5.49. The van der Waals surface area contributed by atoms with Gasteiger partial charge in [0.05, 0.1) is 0 Å². The van der Waals surface area contributed by atoms with Gasteiger partial charge in [-0.25, -0.2) is 0 Å². The van der Waals surface area contributed by atoms with Crippen LogP contribution >= 0.6 is 27.7 Å². The summed E-state index contributed by atoms with van der Waals surface area (Å²) in [5.41, 5.74) is 7.07. The lowest BCUT2D eigenvalue weighted by molar-refractivity contribution is 0.324. The number of thioether (sulfide) groups is 1. The summed E-state index contributed by atoms with van der Waals surface area (Å²) in [4.78, 5) is 3.75. The van der Waals surface area contributed by atoms with Crippen LogP contribution in [-0.4, -0.2) is 30.3 Å². The van der Waals surface area contributed by atoms with E-state index in [2.05, 4.69) is 52.9 Å². The Kier molecular flexibility index (Phi) is 7.30. The van der Waals surface area contributed by atoms with E-state index in [4.69, 9.17) is 5.73 Å². The Morgan fingerprint density at radius 1 is 1.33 bits per heavy atom. The second-order valence-corrected chi connectivity index (χ2v) is 6.37. The van der Waals surface area contributed by atoms with Crippen molar-refractivity contribution in [3.05, 3.63) is 28.2 Å². The van der Waals surface area contributed by atoms with Crippen LogP contribution in [0.2, 0.25) is 0 Å². The predicted octanol–water partition coefficient (Wildman–Crippen LogP) is 3.90. The first-order chi connectivity index (χ1) is 8.58. The fourth-order valence-corrected chi connectivity index (χ4v) is 3.64. The van der Waals surface area contributed by atoms with Gasteiger partial charge in [0, 0.05) is 27.7 Å². The molecule has 102 valence electrons. The van der Waals surface area contributed by atoms with Crippen LogP contribution in [0, 0.1) is 0 Å². The van der Waals surface area contributed by atoms with Crippen molar-refractivity contribution < 1.29 is 0 Å². The van der Waals surface area contributed by atoms with Crippen LogP contribution in [0.1, 0.15) is 32.4 Å². The van der Waals surface area contributed by atoms with Crippen molar-refractivity contribution in [1.82, 2.24) is 4.90 Å². The second kappa shape index (κ2) is 8.20. The maximum Gasteiger partial charge on any atom is 0.0277 e. The zero-order valence-electron chi connectivity index (χ0n) is 11.4. The SMILES string of the molecule is CCN(CC)CCSc1ccc(C(C)N)c(Br)c1. The monoisotopic (exact) mass is 330 g/mol. The molecule has 2 N–H and O–H groups in total. The summed E-state index contributed by atoms with van der Waals surface area (Å²) in [6.07, 6.45) is 0. The van der Waals surface area contributed by atoms with Gasteiger partial charge in [-0.15, -0.1) is 11.8 Å². The maximum absolute atomic E-state index is 5.90. The van der Waals surface area contributed by atoms with Gasteiger partial charge in [-0.2, -0.15) is 0 Å². The number of hydrogen-bond acceptors (Lipinski definition) is 3. The van der Waals surface area contributed by atoms with Crippen LogP contribution in [0.25, 0.3) is 0 Å². The average Bonchev–Trinajstić information content (AvgIpc) is 2.34. The van der Waals surface area contributed by atoms with E-state index in [-0.39, 0.29) is 6.04 Å². The van der Waals surface area contributed by atoms with E-state index >= 15 is 0 Å². The largest absolute Gasteiger partial charge is 0.324 e. The zero-order valence-corrected chi connectivity index (χ0v) is 13.9. The molecule has 1 aromatic carbocycles. The molecule has 0 aromatic heterocycles. The Morgan fingerprint density at radius 3 is 2.50 bits per heavy atom. The molecular formula is C14H23BrN2S. The quantitative estimate of drug-likeness (QED) is 0.768. The van der Waals surface area contributed by atoms with Gasteiger partial charge in [-0.1, -0.05) is 35.8 Å². The molecule has 0 amide bonds. The van der Waals surface area contributed by atoms with Gasteiger partial charge in [0.25, 0.3) is 0 Å². The van der Waals surface area contributed by atoms with Crippen LogP contribution in [0.4, 0.5) is 0 Å². The van der Waals surface area contributed by atoms with Crippen molar-refractivity contribution in [3.8, 4) is 0 Å². The molecule has 0 saturated carbocycles. The minimum absolute atomic E-state index is 0.0779. The number of halogens is 1. The fourth-order valence-electron chi connectivity index (χ4n) is 1.80. The highest BCUT2D eigenvalue weighted by atomic mass is 79.9. The standard InChI is InChI=1S/C14H23BrN2S/c1-4-17(5-2)8-9-18-12-6-7-13(11(3)16)14(15)10-12/h6-7,10-11H,4-5,8-9,16H2,1-3H3. The average molecular weight is 331 g/mol. The first kappa shape index (κ1) is 16.0. The van der Waals surface area contributed by atoms with E-state index < -0.39 is 0 Å². The van der Waals surface area contributed by atoms with E-state index in [1.165, 1.54) is 10.5 Å². The number of benzene rings is 1. The Balaban J connectivity index is 2.51. The topological polar surface area (TPSA) is 29.3 Å². The van der Waals surface area contributed by atoms with E-state index in [0.29, 0.717) is 0 Å². The van der Waals surface area contributed by atoms with Crippen molar-refractivity contribution in [2.45, 2.75) is 31.7 Å². The van der Waals surface area contributed by atoms with Gasteiger partial charge in [0.2, 0.25) is 0 Å². The molecule has 0 aliphatic carbocycles. The van der Waals surface area contributed by atoms with Gasteiger partial charge in [-0.05, 0) is 37.7 Å².